The van der Waals surface area contributed by atoms with Crippen LogP contribution < -0.4 is 11.3 Å². The Morgan fingerprint density at radius 2 is 2.11 bits per heavy atom. The van der Waals surface area contributed by atoms with Gasteiger partial charge in [-0.2, -0.15) is 0 Å². The Morgan fingerprint density at radius 3 is 2.83 bits per heavy atom. The Balaban J connectivity index is 1.95. The zero-order chi connectivity index (χ0) is 12.5. The van der Waals surface area contributed by atoms with E-state index in [2.05, 4.69) is 35.8 Å². The molecule has 0 spiro atoms. The van der Waals surface area contributed by atoms with Crippen molar-refractivity contribution in [2.75, 3.05) is 5.75 Å². The molecule has 3 N–H and O–H groups in total. The molecule has 3 rings (SSSR count). The standard InChI is InChI=1S/C13H13ClN2S2/c14-12-6-5-11(18-12)13(16-15)9-7-17-10-4-2-1-3-8(9)10/h1-6,9,13,16H,7,15H2. The lowest BCUT2D eigenvalue weighted by molar-refractivity contribution is 0.493. The van der Waals surface area contributed by atoms with Gasteiger partial charge in [0, 0.05) is 21.4 Å². The predicted octanol–water partition coefficient (Wildman–Crippen LogP) is 3.80. The van der Waals surface area contributed by atoms with Crippen LogP contribution in [0.15, 0.2) is 41.3 Å². The second-order valence-corrected chi connectivity index (χ2v) is 7.05. The van der Waals surface area contributed by atoms with Crippen molar-refractivity contribution in [3.8, 4) is 0 Å². The molecule has 5 heteroatoms. The van der Waals surface area contributed by atoms with Gasteiger partial charge in [-0.1, -0.05) is 29.8 Å². The van der Waals surface area contributed by atoms with Gasteiger partial charge in [0.05, 0.1) is 10.4 Å². The fourth-order valence-electron chi connectivity index (χ4n) is 2.36. The van der Waals surface area contributed by atoms with Gasteiger partial charge in [0.2, 0.25) is 0 Å². The molecule has 0 amide bonds. The monoisotopic (exact) mass is 296 g/mol. The highest BCUT2D eigenvalue weighted by Gasteiger charge is 2.31. The molecule has 0 saturated heterocycles. The summed E-state index contributed by atoms with van der Waals surface area (Å²) in [7, 11) is 0. The van der Waals surface area contributed by atoms with Crippen molar-refractivity contribution in [1.29, 1.82) is 0 Å². The summed E-state index contributed by atoms with van der Waals surface area (Å²) in [4.78, 5) is 2.57. The van der Waals surface area contributed by atoms with Crippen LogP contribution in [0.5, 0.6) is 0 Å². The van der Waals surface area contributed by atoms with Crippen molar-refractivity contribution in [3.63, 3.8) is 0 Å². The normalized spacial score (nSPS) is 19.8. The second-order valence-electron chi connectivity index (χ2n) is 4.24. The van der Waals surface area contributed by atoms with E-state index in [1.807, 2.05) is 17.8 Å². The summed E-state index contributed by atoms with van der Waals surface area (Å²) in [6, 6.07) is 12.7. The van der Waals surface area contributed by atoms with Gasteiger partial charge in [-0.3, -0.25) is 11.3 Å². The maximum Gasteiger partial charge on any atom is 0.0931 e. The molecule has 0 saturated carbocycles. The van der Waals surface area contributed by atoms with Gasteiger partial charge >= 0.3 is 0 Å². The van der Waals surface area contributed by atoms with Crippen molar-refractivity contribution in [1.82, 2.24) is 5.43 Å². The number of nitrogens with one attached hydrogen (secondary N) is 1. The topological polar surface area (TPSA) is 38.0 Å². The fraction of sp³-hybridized carbons (Fsp3) is 0.231. The minimum absolute atomic E-state index is 0.138. The minimum Gasteiger partial charge on any atom is -0.271 e. The van der Waals surface area contributed by atoms with E-state index < -0.39 is 0 Å². The van der Waals surface area contributed by atoms with Gasteiger partial charge in [-0.25, -0.2) is 0 Å². The van der Waals surface area contributed by atoms with E-state index in [1.165, 1.54) is 15.3 Å². The molecule has 1 aromatic carbocycles. The van der Waals surface area contributed by atoms with Crippen LogP contribution in [0.3, 0.4) is 0 Å². The van der Waals surface area contributed by atoms with Crippen LogP contribution in [0.1, 0.15) is 22.4 Å². The van der Waals surface area contributed by atoms with Crippen molar-refractivity contribution < 1.29 is 0 Å². The first-order valence-electron chi connectivity index (χ1n) is 5.72. The molecular weight excluding hydrogens is 284 g/mol. The lowest BCUT2D eigenvalue weighted by Gasteiger charge is -2.21. The maximum atomic E-state index is 6.01. The number of rotatable bonds is 3. The highest BCUT2D eigenvalue weighted by Crippen LogP contribution is 2.46. The molecule has 1 aliphatic rings. The highest BCUT2D eigenvalue weighted by atomic mass is 35.5. The summed E-state index contributed by atoms with van der Waals surface area (Å²) in [5.41, 5.74) is 4.34. The first-order chi connectivity index (χ1) is 8.79. The predicted molar refractivity (Wildman–Crippen MR) is 79.3 cm³/mol. The Labute approximate surface area is 120 Å². The van der Waals surface area contributed by atoms with Crippen LogP contribution in [0, 0.1) is 0 Å². The number of thiophene rings is 1. The lowest BCUT2D eigenvalue weighted by Crippen LogP contribution is -2.32. The molecule has 1 aliphatic heterocycles. The average Bonchev–Trinajstić information content (AvgIpc) is 2.98. The number of hydrogen-bond acceptors (Lipinski definition) is 4. The van der Waals surface area contributed by atoms with Gasteiger partial charge < -0.3 is 0 Å². The van der Waals surface area contributed by atoms with E-state index in [4.69, 9.17) is 17.4 Å². The third kappa shape index (κ3) is 2.19. The van der Waals surface area contributed by atoms with Crippen LogP contribution in [0.4, 0.5) is 0 Å². The molecule has 94 valence electrons. The van der Waals surface area contributed by atoms with Crippen molar-refractivity contribution in [3.05, 3.63) is 51.2 Å². The zero-order valence-corrected chi connectivity index (χ0v) is 12.0. The quantitative estimate of drug-likeness (QED) is 0.668. The Hall–Kier alpha value is -0.520. The van der Waals surface area contributed by atoms with Gasteiger partial charge in [0.1, 0.15) is 0 Å². The number of benzene rings is 1. The molecule has 0 radical (unpaired) electrons. The van der Waals surface area contributed by atoms with E-state index in [0.717, 1.165) is 10.1 Å². The molecule has 2 unspecified atom stereocenters. The summed E-state index contributed by atoms with van der Waals surface area (Å²) >= 11 is 9.51. The van der Waals surface area contributed by atoms with Gasteiger partial charge in [-0.05, 0) is 23.8 Å². The van der Waals surface area contributed by atoms with Crippen molar-refractivity contribution >= 4 is 34.7 Å². The summed E-state index contributed by atoms with van der Waals surface area (Å²) in [5, 5.41) is 0. The number of fused-ring (bicyclic) bond motifs is 1. The van der Waals surface area contributed by atoms with Crippen LogP contribution in [0.25, 0.3) is 0 Å². The SMILES string of the molecule is NNC(c1ccc(Cl)s1)C1CSc2ccccc21. The van der Waals surface area contributed by atoms with E-state index in [0.29, 0.717) is 5.92 Å². The van der Waals surface area contributed by atoms with Crippen molar-refractivity contribution in [2.45, 2.75) is 16.9 Å². The first-order valence-corrected chi connectivity index (χ1v) is 7.90. The summed E-state index contributed by atoms with van der Waals surface area (Å²) < 4.78 is 0.809. The van der Waals surface area contributed by atoms with E-state index in [1.54, 1.807) is 11.3 Å². The first kappa shape index (κ1) is 12.5. The molecule has 1 aromatic heterocycles. The molecule has 2 atom stereocenters. The van der Waals surface area contributed by atoms with Crippen LogP contribution in [-0.4, -0.2) is 5.75 Å². The Kier molecular flexibility index (Phi) is 3.63. The second kappa shape index (κ2) is 5.23. The highest BCUT2D eigenvalue weighted by molar-refractivity contribution is 7.99. The van der Waals surface area contributed by atoms with E-state index in [-0.39, 0.29) is 6.04 Å². The summed E-state index contributed by atoms with van der Waals surface area (Å²) in [6.07, 6.45) is 0. The van der Waals surface area contributed by atoms with Gasteiger partial charge in [0.15, 0.2) is 0 Å². The molecular formula is C13H13ClN2S2. The maximum absolute atomic E-state index is 6.01. The molecule has 0 aliphatic carbocycles. The fourth-order valence-corrected chi connectivity index (χ4v) is 4.83. The van der Waals surface area contributed by atoms with Crippen LogP contribution in [-0.2, 0) is 0 Å². The molecule has 0 bridgehead atoms. The third-order valence-corrected chi connectivity index (χ3v) is 5.74. The largest absolute Gasteiger partial charge is 0.271 e. The minimum atomic E-state index is 0.138. The molecule has 18 heavy (non-hydrogen) atoms. The number of hydrazine groups is 1. The average molecular weight is 297 g/mol. The zero-order valence-electron chi connectivity index (χ0n) is 9.60. The summed E-state index contributed by atoms with van der Waals surface area (Å²) in [5.74, 6) is 7.22. The summed E-state index contributed by atoms with van der Waals surface area (Å²) in [6.45, 7) is 0. The van der Waals surface area contributed by atoms with Crippen LogP contribution >= 0.6 is 34.7 Å². The van der Waals surface area contributed by atoms with Crippen LogP contribution in [0.2, 0.25) is 4.34 Å². The van der Waals surface area contributed by atoms with E-state index in [9.17, 15) is 0 Å². The molecule has 2 aromatic rings. The Bertz CT molecular complexity index is 555. The van der Waals surface area contributed by atoms with Crippen molar-refractivity contribution in [2.24, 2.45) is 5.84 Å². The van der Waals surface area contributed by atoms with Gasteiger partial charge in [-0.15, -0.1) is 23.1 Å². The molecule has 0 fully saturated rings. The lowest BCUT2D eigenvalue weighted by atomic mass is 9.93. The molecule has 2 nitrogen and oxygen atoms in total. The number of nitrogens with two attached hydrogens (primary N) is 1. The smallest absolute Gasteiger partial charge is 0.0931 e. The number of thioether (sulfide) groups is 1. The number of hydrogen-bond donors (Lipinski definition) is 2. The third-order valence-electron chi connectivity index (χ3n) is 3.22. The van der Waals surface area contributed by atoms with Gasteiger partial charge in [0.25, 0.3) is 0 Å². The Morgan fingerprint density at radius 1 is 1.28 bits per heavy atom. The van der Waals surface area contributed by atoms with E-state index >= 15 is 0 Å². The number of halogens is 1. The molecule has 2 heterocycles.